The quantitative estimate of drug-likeness (QED) is 0.789. The summed E-state index contributed by atoms with van der Waals surface area (Å²) in [5.41, 5.74) is 1.22. The summed E-state index contributed by atoms with van der Waals surface area (Å²) < 4.78 is 5.23. The number of methoxy groups -OCH3 is 1. The van der Waals surface area contributed by atoms with E-state index >= 15 is 0 Å². The fourth-order valence-corrected chi connectivity index (χ4v) is 3.99. The molecule has 1 unspecified atom stereocenters. The van der Waals surface area contributed by atoms with Crippen LogP contribution < -0.4 is 15.0 Å². The number of carbonyl (C=O) groups excluding carboxylic acids is 1. The average Bonchev–Trinajstić information content (AvgIpc) is 2.74. The van der Waals surface area contributed by atoms with Gasteiger partial charge in [0.15, 0.2) is 0 Å². The molecule has 1 aromatic carbocycles. The molecule has 2 saturated heterocycles. The van der Waals surface area contributed by atoms with Crippen molar-refractivity contribution in [1.29, 1.82) is 0 Å². The van der Waals surface area contributed by atoms with Crippen LogP contribution in [0.25, 0.3) is 0 Å². The number of piperazine rings is 1. The van der Waals surface area contributed by atoms with E-state index in [1.807, 2.05) is 19.1 Å². The molecule has 2 fully saturated rings. The predicted molar refractivity (Wildman–Crippen MR) is 110 cm³/mol. The summed E-state index contributed by atoms with van der Waals surface area (Å²) in [5.74, 6) is 1.04. The summed E-state index contributed by atoms with van der Waals surface area (Å²) in [7, 11) is 1.69. The maximum Gasteiger partial charge on any atom is 0.237 e. The first kappa shape index (κ1) is 20.0. The molecule has 0 aliphatic carbocycles. The fourth-order valence-electron chi connectivity index (χ4n) is 3.99. The normalized spacial score (nSPS) is 20.3. The van der Waals surface area contributed by atoms with Gasteiger partial charge in [-0.1, -0.05) is 6.42 Å². The first-order valence-corrected chi connectivity index (χ1v) is 10.3. The van der Waals surface area contributed by atoms with Crippen molar-refractivity contribution in [2.24, 2.45) is 0 Å². The molecular formula is C21H34N4O2. The minimum absolute atomic E-state index is 0.0654. The molecule has 27 heavy (non-hydrogen) atoms. The molecule has 150 valence electrons. The average molecular weight is 375 g/mol. The van der Waals surface area contributed by atoms with E-state index in [0.29, 0.717) is 0 Å². The third-order valence-corrected chi connectivity index (χ3v) is 5.85. The van der Waals surface area contributed by atoms with Crippen molar-refractivity contribution < 1.29 is 9.53 Å². The minimum atomic E-state index is -0.0654. The lowest BCUT2D eigenvalue weighted by molar-refractivity contribution is -0.126. The lowest BCUT2D eigenvalue weighted by Crippen LogP contribution is -2.54. The van der Waals surface area contributed by atoms with Crippen LogP contribution in [-0.4, -0.2) is 81.2 Å². The van der Waals surface area contributed by atoms with Gasteiger partial charge >= 0.3 is 0 Å². The minimum Gasteiger partial charge on any atom is -0.497 e. The van der Waals surface area contributed by atoms with Crippen molar-refractivity contribution in [1.82, 2.24) is 15.1 Å². The van der Waals surface area contributed by atoms with Gasteiger partial charge in [-0.3, -0.25) is 9.69 Å². The highest BCUT2D eigenvalue weighted by Gasteiger charge is 2.25. The van der Waals surface area contributed by atoms with E-state index in [0.717, 1.165) is 45.0 Å². The second kappa shape index (κ2) is 9.95. The van der Waals surface area contributed by atoms with Gasteiger partial charge in [-0.15, -0.1) is 0 Å². The molecule has 6 heteroatoms. The van der Waals surface area contributed by atoms with Crippen molar-refractivity contribution >= 4 is 11.6 Å². The Hall–Kier alpha value is -1.79. The Morgan fingerprint density at radius 3 is 2.33 bits per heavy atom. The third-order valence-electron chi connectivity index (χ3n) is 5.85. The van der Waals surface area contributed by atoms with Crippen LogP contribution in [-0.2, 0) is 4.79 Å². The standard InChI is InChI=1S/C21H34N4O2/c1-18(21(26)22-10-13-23-11-4-3-5-12-23)24-14-16-25(17-15-24)19-6-8-20(27-2)9-7-19/h6-9,18H,3-5,10-17H2,1-2H3,(H,22,26). The number of nitrogens with zero attached hydrogens (tertiary/aromatic N) is 3. The molecule has 1 atom stereocenters. The number of likely N-dealkylation sites (tertiary alicyclic amines) is 1. The Kier molecular flexibility index (Phi) is 7.35. The fraction of sp³-hybridized carbons (Fsp3) is 0.667. The molecule has 2 aliphatic rings. The van der Waals surface area contributed by atoms with Crippen molar-refractivity contribution in [3.8, 4) is 5.75 Å². The molecule has 1 aromatic rings. The van der Waals surface area contributed by atoms with Crippen LogP contribution >= 0.6 is 0 Å². The first-order valence-electron chi connectivity index (χ1n) is 10.3. The van der Waals surface area contributed by atoms with E-state index in [2.05, 4.69) is 32.1 Å². The van der Waals surface area contributed by atoms with Crippen LogP contribution in [0.2, 0.25) is 0 Å². The molecule has 6 nitrogen and oxygen atoms in total. The van der Waals surface area contributed by atoms with Gasteiger partial charge in [0, 0.05) is 45.0 Å². The van der Waals surface area contributed by atoms with Crippen LogP contribution in [0.1, 0.15) is 26.2 Å². The number of benzene rings is 1. The van der Waals surface area contributed by atoms with Gasteiger partial charge in [0.25, 0.3) is 0 Å². The zero-order chi connectivity index (χ0) is 19.1. The second-order valence-electron chi connectivity index (χ2n) is 7.59. The summed E-state index contributed by atoms with van der Waals surface area (Å²) in [6.45, 7) is 9.82. The van der Waals surface area contributed by atoms with Crippen LogP contribution in [0.5, 0.6) is 5.75 Å². The van der Waals surface area contributed by atoms with Gasteiger partial charge in [0.2, 0.25) is 5.91 Å². The van der Waals surface area contributed by atoms with E-state index in [9.17, 15) is 4.79 Å². The van der Waals surface area contributed by atoms with E-state index in [1.54, 1.807) is 7.11 Å². The van der Waals surface area contributed by atoms with Gasteiger partial charge in [-0.25, -0.2) is 0 Å². The molecule has 3 rings (SSSR count). The molecule has 0 radical (unpaired) electrons. The zero-order valence-corrected chi connectivity index (χ0v) is 16.8. The first-order chi connectivity index (χ1) is 13.2. The SMILES string of the molecule is COc1ccc(N2CCN(C(C)C(=O)NCCN3CCCCC3)CC2)cc1. The van der Waals surface area contributed by atoms with Crippen LogP contribution in [0.15, 0.2) is 24.3 Å². The number of ether oxygens (including phenoxy) is 1. The number of rotatable bonds is 7. The Morgan fingerprint density at radius 1 is 1.04 bits per heavy atom. The molecule has 0 spiro atoms. The van der Waals surface area contributed by atoms with Crippen LogP contribution in [0.4, 0.5) is 5.69 Å². The molecule has 0 aromatic heterocycles. The Labute approximate surface area is 163 Å². The number of nitrogens with one attached hydrogen (secondary N) is 1. The second-order valence-corrected chi connectivity index (χ2v) is 7.59. The topological polar surface area (TPSA) is 48.1 Å². The molecule has 2 aliphatic heterocycles. The number of piperidine rings is 1. The lowest BCUT2D eigenvalue weighted by Gasteiger charge is -2.38. The summed E-state index contributed by atoms with van der Waals surface area (Å²) in [6, 6.07) is 8.14. The van der Waals surface area contributed by atoms with Crippen molar-refractivity contribution in [2.75, 3.05) is 64.4 Å². The van der Waals surface area contributed by atoms with E-state index in [-0.39, 0.29) is 11.9 Å². The van der Waals surface area contributed by atoms with Gasteiger partial charge in [-0.2, -0.15) is 0 Å². The monoisotopic (exact) mass is 374 g/mol. The van der Waals surface area contributed by atoms with E-state index in [1.165, 1.54) is 38.0 Å². The number of anilines is 1. The van der Waals surface area contributed by atoms with E-state index < -0.39 is 0 Å². The van der Waals surface area contributed by atoms with Crippen molar-refractivity contribution in [3.63, 3.8) is 0 Å². The molecular weight excluding hydrogens is 340 g/mol. The smallest absolute Gasteiger partial charge is 0.237 e. The largest absolute Gasteiger partial charge is 0.497 e. The number of hydrogen-bond donors (Lipinski definition) is 1. The van der Waals surface area contributed by atoms with Gasteiger partial charge < -0.3 is 19.9 Å². The maximum atomic E-state index is 12.5. The number of carbonyl (C=O) groups is 1. The Morgan fingerprint density at radius 2 is 1.70 bits per heavy atom. The highest BCUT2D eigenvalue weighted by molar-refractivity contribution is 5.81. The molecule has 0 saturated carbocycles. The number of amides is 1. The highest BCUT2D eigenvalue weighted by Crippen LogP contribution is 2.21. The van der Waals surface area contributed by atoms with Gasteiger partial charge in [-0.05, 0) is 57.1 Å². The number of hydrogen-bond acceptors (Lipinski definition) is 5. The highest BCUT2D eigenvalue weighted by atomic mass is 16.5. The molecule has 1 N–H and O–H groups in total. The van der Waals surface area contributed by atoms with Gasteiger partial charge in [0.1, 0.15) is 5.75 Å². The van der Waals surface area contributed by atoms with Crippen molar-refractivity contribution in [3.05, 3.63) is 24.3 Å². The zero-order valence-electron chi connectivity index (χ0n) is 16.8. The molecule has 2 heterocycles. The third kappa shape index (κ3) is 5.59. The van der Waals surface area contributed by atoms with Crippen LogP contribution in [0.3, 0.4) is 0 Å². The Bertz CT molecular complexity index is 578. The summed E-state index contributed by atoms with van der Waals surface area (Å²) >= 11 is 0. The molecule has 0 bridgehead atoms. The summed E-state index contributed by atoms with van der Waals surface area (Å²) in [5, 5.41) is 3.13. The van der Waals surface area contributed by atoms with Gasteiger partial charge in [0.05, 0.1) is 13.2 Å². The maximum absolute atomic E-state index is 12.5. The summed E-state index contributed by atoms with van der Waals surface area (Å²) in [6.07, 6.45) is 3.94. The predicted octanol–water partition coefficient (Wildman–Crippen LogP) is 1.81. The van der Waals surface area contributed by atoms with Crippen molar-refractivity contribution in [2.45, 2.75) is 32.2 Å². The van der Waals surface area contributed by atoms with E-state index in [4.69, 9.17) is 4.74 Å². The summed E-state index contributed by atoms with van der Waals surface area (Å²) in [4.78, 5) is 19.6. The molecule has 1 amide bonds. The lowest BCUT2D eigenvalue weighted by atomic mass is 10.1. The van der Waals surface area contributed by atoms with Crippen LogP contribution in [0, 0.1) is 0 Å². The Balaban J connectivity index is 1.39.